The summed E-state index contributed by atoms with van der Waals surface area (Å²) in [6.07, 6.45) is 6.69. The van der Waals surface area contributed by atoms with E-state index in [4.69, 9.17) is 16.3 Å². The zero-order valence-corrected chi connectivity index (χ0v) is 23.6. The van der Waals surface area contributed by atoms with E-state index in [-0.39, 0.29) is 5.41 Å². The van der Waals surface area contributed by atoms with Crippen LogP contribution in [0.5, 0.6) is 5.75 Å². The Bertz CT molecular complexity index is 1490. The molecule has 6 rings (SSSR count). The molecule has 2 aliphatic carbocycles. The van der Waals surface area contributed by atoms with Crippen molar-refractivity contribution in [3.05, 3.63) is 88.4 Å². The molecule has 2 atom stereocenters. The van der Waals surface area contributed by atoms with Gasteiger partial charge in [-0.3, -0.25) is 0 Å². The maximum Gasteiger partial charge on any atom is 0.329 e. The minimum Gasteiger partial charge on any atom is -0.493 e. The molecule has 1 spiro atoms. The van der Waals surface area contributed by atoms with Crippen molar-refractivity contribution in [2.45, 2.75) is 56.4 Å². The minimum absolute atomic E-state index is 0.0168. The molecule has 7 heteroatoms. The van der Waals surface area contributed by atoms with Gasteiger partial charge < -0.3 is 15.2 Å². The normalized spacial score (nSPS) is 24.9. The van der Waals surface area contributed by atoms with Crippen molar-refractivity contribution in [1.29, 1.82) is 0 Å². The fraction of sp³-hybridized carbons (Fsp3) is 0.375. The number of aromatic nitrogens is 1. The second-order valence-electron chi connectivity index (χ2n) is 11.3. The molecule has 39 heavy (non-hydrogen) atoms. The van der Waals surface area contributed by atoms with E-state index in [2.05, 4.69) is 52.9 Å². The summed E-state index contributed by atoms with van der Waals surface area (Å²) in [6.45, 7) is 2.92. The molecule has 2 aliphatic rings. The van der Waals surface area contributed by atoms with Crippen LogP contribution in [0.25, 0.3) is 10.2 Å². The number of benzene rings is 2. The molecule has 1 saturated carbocycles. The van der Waals surface area contributed by atoms with Crippen molar-refractivity contribution in [1.82, 2.24) is 4.98 Å². The molecule has 0 aliphatic heterocycles. The SMILES string of the molecule is C[C@@H](COc1ccnc2sccc12)CC1Cc2ccccc2C12CCC(Nc1cccc(Cl)c1)(C(=O)O)CC2. The lowest BCUT2D eigenvalue weighted by Gasteiger charge is -2.47. The van der Waals surface area contributed by atoms with Crippen LogP contribution in [0.2, 0.25) is 5.02 Å². The minimum atomic E-state index is -1.00. The summed E-state index contributed by atoms with van der Waals surface area (Å²) in [6, 6.07) is 20.2. The summed E-state index contributed by atoms with van der Waals surface area (Å²) in [5.41, 5.74) is 2.57. The van der Waals surface area contributed by atoms with Gasteiger partial charge in [-0.25, -0.2) is 9.78 Å². The number of ether oxygens (including phenoxy) is 1. The van der Waals surface area contributed by atoms with Gasteiger partial charge >= 0.3 is 5.97 Å². The fourth-order valence-corrected chi connectivity index (χ4v) is 7.91. The van der Waals surface area contributed by atoms with Crippen LogP contribution < -0.4 is 10.1 Å². The van der Waals surface area contributed by atoms with Gasteiger partial charge in [0.15, 0.2) is 0 Å². The van der Waals surface area contributed by atoms with Crippen LogP contribution in [0.1, 0.15) is 50.2 Å². The molecule has 2 aromatic heterocycles. The number of pyridine rings is 1. The van der Waals surface area contributed by atoms with Crippen molar-refractivity contribution < 1.29 is 14.6 Å². The highest BCUT2D eigenvalue weighted by atomic mass is 35.5. The van der Waals surface area contributed by atoms with Crippen molar-refractivity contribution in [2.24, 2.45) is 11.8 Å². The second kappa shape index (κ2) is 10.5. The van der Waals surface area contributed by atoms with E-state index < -0.39 is 11.5 Å². The number of thiophene rings is 1. The highest BCUT2D eigenvalue weighted by molar-refractivity contribution is 7.16. The van der Waals surface area contributed by atoms with E-state index in [0.717, 1.165) is 47.3 Å². The summed E-state index contributed by atoms with van der Waals surface area (Å²) >= 11 is 7.82. The third-order valence-corrected chi connectivity index (χ3v) is 10.0. The van der Waals surface area contributed by atoms with Crippen LogP contribution in [0.4, 0.5) is 5.69 Å². The van der Waals surface area contributed by atoms with Crippen molar-refractivity contribution in [2.75, 3.05) is 11.9 Å². The van der Waals surface area contributed by atoms with Gasteiger partial charge in [-0.1, -0.05) is 48.9 Å². The third kappa shape index (κ3) is 4.89. The lowest BCUT2D eigenvalue weighted by atomic mass is 9.59. The van der Waals surface area contributed by atoms with Gasteiger partial charge in [-0.05, 0) is 103 Å². The van der Waals surface area contributed by atoms with Crippen LogP contribution in [0.3, 0.4) is 0 Å². The lowest BCUT2D eigenvalue weighted by molar-refractivity contribution is -0.144. The highest BCUT2D eigenvalue weighted by Gasteiger charge is 2.54. The van der Waals surface area contributed by atoms with Gasteiger partial charge in [0, 0.05) is 16.9 Å². The van der Waals surface area contributed by atoms with E-state index in [1.54, 1.807) is 23.5 Å². The van der Waals surface area contributed by atoms with Gasteiger partial charge in [-0.2, -0.15) is 0 Å². The Morgan fingerprint density at radius 2 is 1.97 bits per heavy atom. The molecule has 0 saturated heterocycles. The van der Waals surface area contributed by atoms with Crippen molar-refractivity contribution in [3.63, 3.8) is 0 Å². The number of aliphatic carboxylic acids is 1. The number of carbonyl (C=O) groups is 1. The number of anilines is 1. The smallest absolute Gasteiger partial charge is 0.329 e. The molecule has 4 aromatic rings. The van der Waals surface area contributed by atoms with E-state index >= 15 is 0 Å². The molecule has 2 heterocycles. The molecule has 2 aromatic carbocycles. The molecule has 1 unspecified atom stereocenters. The summed E-state index contributed by atoms with van der Waals surface area (Å²) in [4.78, 5) is 18.1. The van der Waals surface area contributed by atoms with Crippen LogP contribution >= 0.6 is 22.9 Å². The average Bonchev–Trinajstić information content (AvgIpc) is 3.52. The van der Waals surface area contributed by atoms with E-state index in [1.165, 1.54) is 11.1 Å². The third-order valence-electron chi connectivity index (χ3n) is 8.95. The Labute approximate surface area is 238 Å². The monoisotopic (exact) mass is 560 g/mol. The molecule has 0 radical (unpaired) electrons. The number of hydrogen-bond acceptors (Lipinski definition) is 5. The zero-order valence-electron chi connectivity index (χ0n) is 22.0. The van der Waals surface area contributed by atoms with Gasteiger partial charge in [-0.15, -0.1) is 11.3 Å². The van der Waals surface area contributed by atoms with Gasteiger partial charge in [0.2, 0.25) is 0 Å². The molecule has 0 bridgehead atoms. The number of fused-ring (bicyclic) bond motifs is 3. The van der Waals surface area contributed by atoms with E-state index in [9.17, 15) is 9.90 Å². The largest absolute Gasteiger partial charge is 0.493 e. The van der Waals surface area contributed by atoms with Crippen LogP contribution in [-0.4, -0.2) is 28.2 Å². The van der Waals surface area contributed by atoms with Gasteiger partial charge in [0.25, 0.3) is 0 Å². The number of hydrogen-bond donors (Lipinski definition) is 2. The summed E-state index contributed by atoms with van der Waals surface area (Å²) in [5.74, 6) is 0.913. The number of carboxylic acids is 1. The fourth-order valence-electron chi connectivity index (χ4n) is 6.97. The molecule has 5 nitrogen and oxygen atoms in total. The molecule has 0 amide bonds. The Balaban J connectivity index is 1.20. The number of rotatable bonds is 8. The first kappa shape index (κ1) is 26.1. The maximum atomic E-state index is 12.7. The number of nitrogens with zero attached hydrogens (tertiary/aromatic N) is 1. The molecule has 2 N–H and O–H groups in total. The zero-order chi connectivity index (χ0) is 27.0. The second-order valence-corrected chi connectivity index (χ2v) is 12.7. The average molecular weight is 561 g/mol. The first-order valence-corrected chi connectivity index (χ1v) is 14.9. The first-order chi connectivity index (χ1) is 18.9. The number of carboxylic acid groups (broad SMARTS) is 1. The van der Waals surface area contributed by atoms with Crippen molar-refractivity contribution in [3.8, 4) is 5.75 Å². The van der Waals surface area contributed by atoms with Crippen LogP contribution in [0.15, 0.2) is 72.2 Å². The molecular weight excluding hydrogens is 528 g/mol. The van der Waals surface area contributed by atoms with Crippen LogP contribution in [0, 0.1) is 11.8 Å². The lowest BCUT2D eigenvalue weighted by Crippen LogP contribution is -2.53. The Kier molecular flexibility index (Phi) is 7.02. The summed E-state index contributed by atoms with van der Waals surface area (Å²) < 4.78 is 6.31. The summed E-state index contributed by atoms with van der Waals surface area (Å²) in [7, 11) is 0. The topological polar surface area (TPSA) is 71.5 Å². The van der Waals surface area contributed by atoms with Gasteiger partial charge in [0.05, 0.1) is 12.0 Å². The highest BCUT2D eigenvalue weighted by Crippen LogP contribution is 2.56. The molecule has 202 valence electrons. The number of nitrogens with one attached hydrogen (secondary N) is 1. The predicted octanol–water partition coefficient (Wildman–Crippen LogP) is 7.97. The van der Waals surface area contributed by atoms with Gasteiger partial charge in [0.1, 0.15) is 16.1 Å². The first-order valence-electron chi connectivity index (χ1n) is 13.7. The number of halogens is 1. The Morgan fingerprint density at radius 3 is 2.77 bits per heavy atom. The maximum absolute atomic E-state index is 12.7. The Morgan fingerprint density at radius 1 is 1.15 bits per heavy atom. The predicted molar refractivity (Wildman–Crippen MR) is 158 cm³/mol. The van der Waals surface area contributed by atoms with Crippen LogP contribution in [-0.2, 0) is 16.6 Å². The molecule has 1 fully saturated rings. The quantitative estimate of drug-likeness (QED) is 0.228. The summed E-state index contributed by atoms with van der Waals surface area (Å²) in [5, 5.41) is 17.5. The van der Waals surface area contributed by atoms with E-state index in [1.807, 2.05) is 24.4 Å². The molecular formula is C32H33ClN2O3S. The van der Waals surface area contributed by atoms with E-state index in [0.29, 0.717) is 36.3 Å². The standard InChI is InChI=1S/C32H33ClN2O3S/c1-21(20-38-28-9-15-34-29-26(28)10-16-39-29)17-23-18-22-5-2-3-8-27(22)31(23)11-13-32(14-12-31,30(36)37)35-25-7-4-6-24(33)19-25/h2-10,15-16,19,21,23,35H,11-14,17-18,20H2,1H3,(H,36,37)/t21-,23?,31?,32?/m1/s1. The Hall–Kier alpha value is -3.09. The van der Waals surface area contributed by atoms with Crippen molar-refractivity contribution >= 4 is 44.8 Å².